The number of amides is 2. The Kier molecular flexibility index (Phi) is 5.27. The highest BCUT2D eigenvalue weighted by molar-refractivity contribution is 7.91. The van der Waals surface area contributed by atoms with Crippen LogP contribution in [0.3, 0.4) is 0 Å². The number of carbonyl (C=O) groups is 2. The van der Waals surface area contributed by atoms with Gasteiger partial charge in [-0.15, -0.1) is 11.3 Å². The number of benzene rings is 2. The molecule has 5 rings (SSSR count). The zero-order valence-electron chi connectivity index (χ0n) is 17.6. The first-order valence-corrected chi connectivity index (χ1v) is 13.0. The van der Waals surface area contributed by atoms with E-state index >= 15 is 0 Å². The molecule has 0 spiro atoms. The fourth-order valence-corrected chi connectivity index (χ4v) is 7.44. The zero-order valence-corrected chi connectivity index (χ0v) is 19.2. The number of thiophene rings is 1. The van der Waals surface area contributed by atoms with Gasteiger partial charge in [-0.2, -0.15) is 4.31 Å². The topological polar surface area (TPSA) is 86.8 Å². The van der Waals surface area contributed by atoms with Crippen molar-refractivity contribution in [1.82, 2.24) is 4.31 Å². The first kappa shape index (κ1) is 21.1. The Labute approximate surface area is 190 Å². The lowest BCUT2D eigenvalue weighted by atomic mass is 10.0. The summed E-state index contributed by atoms with van der Waals surface area (Å²) in [6.45, 7) is 2.81. The van der Waals surface area contributed by atoms with Crippen LogP contribution < -0.4 is 10.2 Å². The molecule has 1 fully saturated rings. The van der Waals surface area contributed by atoms with Gasteiger partial charge in [-0.3, -0.25) is 9.59 Å². The quantitative estimate of drug-likeness (QED) is 0.610. The van der Waals surface area contributed by atoms with Gasteiger partial charge in [0.25, 0.3) is 15.9 Å². The molecule has 7 nitrogen and oxygen atoms in total. The summed E-state index contributed by atoms with van der Waals surface area (Å²) in [6, 6.07) is 11.6. The maximum Gasteiger partial charge on any atom is 0.258 e. The molecular weight excluding hydrogens is 446 g/mol. The molecule has 0 saturated carbocycles. The van der Waals surface area contributed by atoms with Crippen molar-refractivity contribution in [2.24, 2.45) is 0 Å². The molecule has 0 bridgehead atoms. The van der Waals surface area contributed by atoms with Crippen LogP contribution >= 0.6 is 11.3 Å². The molecule has 0 unspecified atom stereocenters. The van der Waals surface area contributed by atoms with Gasteiger partial charge in [0.1, 0.15) is 10.3 Å². The van der Waals surface area contributed by atoms with Crippen LogP contribution in [0.5, 0.6) is 0 Å². The Morgan fingerprint density at radius 3 is 2.75 bits per heavy atom. The summed E-state index contributed by atoms with van der Waals surface area (Å²) < 4.78 is 27.9. The third-order valence-corrected chi connectivity index (χ3v) is 9.45. The van der Waals surface area contributed by atoms with E-state index in [4.69, 9.17) is 0 Å². The minimum Gasteiger partial charge on any atom is -0.324 e. The van der Waals surface area contributed by atoms with Gasteiger partial charge in [0.15, 0.2) is 0 Å². The Morgan fingerprint density at radius 1 is 1.16 bits per heavy atom. The molecule has 1 atom stereocenters. The number of nitrogens with one attached hydrogen (secondary N) is 1. The van der Waals surface area contributed by atoms with Crippen molar-refractivity contribution >= 4 is 55.3 Å². The fourth-order valence-electron chi connectivity index (χ4n) is 4.67. The number of carbonyl (C=O) groups excluding carboxylic acids is 2. The Hall–Kier alpha value is -2.75. The standard InChI is InChI=1S/C23H23N3O4S2/c1-2-25-18-12-11-17(15-7-5-8-16(21(15)18)23(25)28)24-22(27)19-9-3-4-13-26(19)32(29,30)20-10-6-14-31-20/h5-8,10-12,14,19H,2-4,9,13H2,1H3,(H,24,27)/t19-/m1/s1. The highest BCUT2D eigenvalue weighted by atomic mass is 32.2. The number of sulfonamides is 1. The van der Waals surface area contributed by atoms with Crippen LogP contribution in [-0.4, -0.2) is 43.7 Å². The Bertz CT molecular complexity index is 1320. The van der Waals surface area contributed by atoms with Gasteiger partial charge in [-0.05, 0) is 49.4 Å². The molecule has 0 radical (unpaired) electrons. The number of hydrogen-bond acceptors (Lipinski definition) is 5. The normalized spacial score (nSPS) is 19.0. The third kappa shape index (κ3) is 3.23. The second-order valence-electron chi connectivity index (χ2n) is 7.96. The van der Waals surface area contributed by atoms with Gasteiger partial charge in [0.2, 0.25) is 5.91 Å². The van der Waals surface area contributed by atoms with Crippen molar-refractivity contribution < 1.29 is 18.0 Å². The predicted octanol–water partition coefficient (Wildman–Crippen LogP) is 4.06. The van der Waals surface area contributed by atoms with E-state index in [0.29, 0.717) is 30.8 Å². The van der Waals surface area contributed by atoms with E-state index in [1.54, 1.807) is 34.5 Å². The third-order valence-electron chi connectivity index (χ3n) is 6.17. The van der Waals surface area contributed by atoms with E-state index in [-0.39, 0.29) is 16.0 Å². The van der Waals surface area contributed by atoms with E-state index in [0.717, 1.165) is 40.6 Å². The highest BCUT2D eigenvalue weighted by Gasteiger charge is 2.38. The minimum atomic E-state index is -3.73. The van der Waals surface area contributed by atoms with E-state index in [2.05, 4.69) is 5.32 Å². The first-order valence-electron chi connectivity index (χ1n) is 10.7. The van der Waals surface area contributed by atoms with E-state index in [9.17, 15) is 18.0 Å². The van der Waals surface area contributed by atoms with E-state index < -0.39 is 16.1 Å². The van der Waals surface area contributed by atoms with Crippen molar-refractivity contribution in [2.75, 3.05) is 23.3 Å². The summed E-state index contributed by atoms with van der Waals surface area (Å²) in [4.78, 5) is 27.8. The lowest BCUT2D eigenvalue weighted by Gasteiger charge is -2.33. The van der Waals surface area contributed by atoms with E-state index in [1.807, 2.05) is 25.1 Å². The van der Waals surface area contributed by atoms with Crippen LogP contribution in [0.2, 0.25) is 0 Å². The zero-order chi connectivity index (χ0) is 22.5. The van der Waals surface area contributed by atoms with Gasteiger partial charge in [-0.1, -0.05) is 24.6 Å². The molecule has 1 saturated heterocycles. The summed E-state index contributed by atoms with van der Waals surface area (Å²) in [6.07, 6.45) is 1.99. The number of rotatable bonds is 5. The minimum absolute atomic E-state index is 0.0444. The van der Waals surface area contributed by atoms with Crippen LogP contribution in [-0.2, 0) is 14.8 Å². The molecule has 2 aliphatic rings. The molecular formula is C23H23N3O4S2. The maximum atomic E-state index is 13.3. The summed E-state index contributed by atoms with van der Waals surface area (Å²) in [7, 11) is -3.73. The second-order valence-corrected chi connectivity index (χ2v) is 11.0. The molecule has 2 aromatic carbocycles. The van der Waals surface area contributed by atoms with Crippen LogP contribution in [0.15, 0.2) is 52.1 Å². The van der Waals surface area contributed by atoms with Crippen LogP contribution in [0.1, 0.15) is 36.5 Å². The molecule has 1 N–H and O–H groups in total. The lowest BCUT2D eigenvalue weighted by molar-refractivity contribution is -0.120. The molecule has 166 valence electrons. The number of nitrogens with zero attached hydrogens (tertiary/aromatic N) is 2. The summed E-state index contributed by atoms with van der Waals surface area (Å²) in [5.41, 5.74) is 2.04. The average Bonchev–Trinajstić information content (AvgIpc) is 3.44. The highest BCUT2D eigenvalue weighted by Crippen LogP contribution is 2.40. The van der Waals surface area contributed by atoms with Crippen molar-refractivity contribution in [1.29, 1.82) is 0 Å². The Morgan fingerprint density at radius 2 is 2.00 bits per heavy atom. The maximum absolute atomic E-state index is 13.3. The van der Waals surface area contributed by atoms with Gasteiger partial charge in [-0.25, -0.2) is 8.42 Å². The second kappa shape index (κ2) is 7.99. The molecule has 3 heterocycles. The summed E-state index contributed by atoms with van der Waals surface area (Å²) >= 11 is 1.16. The largest absolute Gasteiger partial charge is 0.324 e. The predicted molar refractivity (Wildman–Crippen MR) is 126 cm³/mol. The van der Waals surface area contributed by atoms with Crippen molar-refractivity contribution in [2.45, 2.75) is 36.4 Å². The number of anilines is 2. The van der Waals surface area contributed by atoms with Gasteiger partial charge in [0.05, 0.1) is 5.69 Å². The smallest absolute Gasteiger partial charge is 0.258 e. The molecule has 0 aliphatic carbocycles. The SMILES string of the molecule is CCN1C(=O)c2cccc3c(NC(=O)[C@H]4CCCCN4S(=O)(=O)c4cccs4)ccc1c23. The summed E-state index contributed by atoms with van der Waals surface area (Å²) in [5, 5.41) is 6.28. The Balaban J connectivity index is 1.49. The first-order chi connectivity index (χ1) is 15.4. The summed E-state index contributed by atoms with van der Waals surface area (Å²) in [5.74, 6) is -0.390. The molecule has 9 heteroatoms. The van der Waals surface area contributed by atoms with E-state index in [1.165, 1.54) is 4.31 Å². The van der Waals surface area contributed by atoms with Crippen LogP contribution in [0, 0.1) is 0 Å². The van der Waals surface area contributed by atoms with Crippen molar-refractivity contribution in [3.8, 4) is 0 Å². The van der Waals surface area contributed by atoms with Crippen LogP contribution in [0.25, 0.3) is 10.8 Å². The number of hydrogen-bond donors (Lipinski definition) is 1. The lowest BCUT2D eigenvalue weighted by Crippen LogP contribution is -2.49. The molecule has 32 heavy (non-hydrogen) atoms. The van der Waals surface area contributed by atoms with Gasteiger partial charge >= 0.3 is 0 Å². The van der Waals surface area contributed by atoms with Crippen LogP contribution in [0.4, 0.5) is 11.4 Å². The van der Waals surface area contributed by atoms with Gasteiger partial charge < -0.3 is 10.2 Å². The fraction of sp³-hybridized carbons (Fsp3) is 0.304. The van der Waals surface area contributed by atoms with Crippen molar-refractivity contribution in [3.05, 3.63) is 53.4 Å². The molecule has 3 aromatic rings. The molecule has 2 amide bonds. The number of piperidine rings is 1. The van der Waals surface area contributed by atoms with Crippen molar-refractivity contribution in [3.63, 3.8) is 0 Å². The molecule has 1 aromatic heterocycles. The van der Waals surface area contributed by atoms with Gasteiger partial charge in [0, 0.05) is 35.1 Å². The molecule has 2 aliphatic heterocycles. The average molecular weight is 470 g/mol. The monoisotopic (exact) mass is 469 g/mol.